The Balaban J connectivity index is 1.55. The summed E-state index contributed by atoms with van der Waals surface area (Å²) in [4.78, 5) is 14.6. The Hall–Kier alpha value is -3.35. The van der Waals surface area contributed by atoms with Crippen LogP contribution in [0.4, 0.5) is 18.9 Å². The van der Waals surface area contributed by atoms with Crippen LogP contribution in [-0.4, -0.2) is 28.7 Å². The van der Waals surface area contributed by atoms with Crippen LogP contribution in [0.15, 0.2) is 72.6 Å². The standard InChI is InChI=1S/C26H26F3N3O/c1-3-4-5-18-6-8-20(9-7-18)25(33)31(2)22-14-15-32-24(16-22)23(17-30-32)19-10-12-21(13-11-19)26(27,28)29/h6-10,12-17,19H,3-5,11H2,1-2H3. The van der Waals surface area contributed by atoms with Crippen molar-refractivity contribution in [3.05, 3.63) is 89.3 Å². The van der Waals surface area contributed by atoms with Crippen LogP contribution < -0.4 is 4.90 Å². The SMILES string of the molecule is CCCCc1ccc(C(=O)N(C)c2ccn3ncc(C4C=CC(C(F)(F)F)=CC4)c3c2)cc1. The minimum atomic E-state index is -4.34. The highest BCUT2D eigenvalue weighted by molar-refractivity contribution is 6.06. The average molecular weight is 454 g/mol. The third kappa shape index (κ3) is 4.87. The molecule has 0 saturated carbocycles. The minimum absolute atomic E-state index is 0.127. The van der Waals surface area contributed by atoms with E-state index < -0.39 is 11.7 Å². The number of benzene rings is 1. The van der Waals surface area contributed by atoms with Crippen molar-refractivity contribution >= 4 is 17.1 Å². The van der Waals surface area contributed by atoms with Crippen LogP contribution in [0.2, 0.25) is 0 Å². The Bertz CT molecular complexity index is 1210. The number of halogens is 3. The molecule has 1 atom stereocenters. The molecule has 0 N–H and O–H groups in total. The number of carbonyl (C=O) groups is 1. The first-order valence-electron chi connectivity index (χ1n) is 11.1. The van der Waals surface area contributed by atoms with Gasteiger partial charge in [-0.1, -0.05) is 43.7 Å². The number of carbonyl (C=O) groups excluding carboxylic acids is 1. The molecule has 1 amide bonds. The molecule has 1 aliphatic carbocycles. The predicted octanol–water partition coefficient (Wildman–Crippen LogP) is 6.49. The van der Waals surface area contributed by atoms with Crippen molar-refractivity contribution < 1.29 is 18.0 Å². The van der Waals surface area contributed by atoms with Crippen molar-refractivity contribution in [3.8, 4) is 0 Å². The second kappa shape index (κ2) is 9.25. The zero-order chi connectivity index (χ0) is 23.6. The maximum atomic E-state index is 13.0. The van der Waals surface area contributed by atoms with Gasteiger partial charge in [0.25, 0.3) is 5.91 Å². The van der Waals surface area contributed by atoms with Gasteiger partial charge in [-0.2, -0.15) is 18.3 Å². The lowest BCUT2D eigenvalue weighted by Gasteiger charge is -2.19. The molecule has 4 nitrogen and oxygen atoms in total. The van der Waals surface area contributed by atoms with E-state index in [2.05, 4.69) is 12.0 Å². The largest absolute Gasteiger partial charge is 0.416 e. The molecule has 7 heteroatoms. The van der Waals surface area contributed by atoms with Crippen molar-refractivity contribution in [2.45, 2.75) is 44.7 Å². The molecule has 0 aliphatic heterocycles. The molecular formula is C26H26F3N3O. The number of aromatic nitrogens is 2. The Morgan fingerprint density at radius 2 is 1.97 bits per heavy atom. The Morgan fingerprint density at radius 1 is 1.21 bits per heavy atom. The van der Waals surface area contributed by atoms with Crippen LogP contribution in [-0.2, 0) is 6.42 Å². The number of hydrogen-bond acceptors (Lipinski definition) is 2. The summed E-state index contributed by atoms with van der Waals surface area (Å²) in [6.45, 7) is 2.15. The van der Waals surface area contributed by atoms with Crippen molar-refractivity contribution in [3.63, 3.8) is 0 Å². The molecule has 2 heterocycles. The van der Waals surface area contributed by atoms with E-state index in [-0.39, 0.29) is 18.2 Å². The fourth-order valence-electron chi connectivity index (χ4n) is 4.05. The van der Waals surface area contributed by atoms with Gasteiger partial charge in [0.1, 0.15) is 0 Å². The summed E-state index contributed by atoms with van der Waals surface area (Å²) >= 11 is 0. The number of unbranched alkanes of at least 4 members (excludes halogenated alkanes) is 1. The molecule has 3 aromatic rings. The number of hydrogen-bond donors (Lipinski definition) is 0. The van der Waals surface area contributed by atoms with E-state index in [0.29, 0.717) is 11.3 Å². The third-order valence-corrected chi connectivity index (χ3v) is 6.07. The number of fused-ring (bicyclic) bond motifs is 1. The number of alkyl halides is 3. The summed E-state index contributed by atoms with van der Waals surface area (Å²) in [7, 11) is 1.72. The second-order valence-electron chi connectivity index (χ2n) is 8.34. The average Bonchev–Trinajstić information content (AvgIpc) is 3.25. The fourth-order valence-corrected chi connectivity index (χ4v) is 4.05. The van der Waals surface area contributed by atoms with Gasteiger partial charge >= 0.3 is 6.18 Å². The van der Waals surface area contributed by atoms with E-state index in [9.17, 15) is 18.0 Å². The van der Waals surface area contributed by atoms with Crippen molar-refractivity contribution in [1.82, 2.24) is 9.61 Å². The monoisotopic (exact) mass is 453 g/mol. The molecule has 1 aliphatic rings. The van der Waals surface area contributed by atoms with Gasteiger partial charge in [-0.05, 0) is 49.1 Å². The predicted molar refractivity (Wildman–Crippen MR) is 124 cm³/mol. The van der Waals surface area contributed by atoms with Crippen LogP contribution in [0.25, 0.3) is 5.52 Å². The highest BCUT2D eigenvalue weighted by Crippen LogP contribution is 2.36. The van der Waals surface area contributed by atoms with Gasteiger partial charge in [-0.25, -0.2) is 4.52 Å². The zero-order valence-corrected chi connectivity index (χ0v) is 18.6. The summed E-state index contributed by atoms with van der Waals surface area (Å²) in [5, 5.41) is 4.34. The number of allylic oxidation sites excluding steroid dienone is 4. The van der Waals surface area contributed by atoms with Crippen LogP contribution in [0.3, 0.4) is 0 Å². The summed E-state index contributed by atoms with van der Waals surface area (Å²) in [5.41, 5.74) is 3.47. The quantitative estimate of drug-likeness (QED) is 0.428. The topological polar surface area (TPSA) is 37.6 Å². The van der Waals surface area contributed by atoms with E-state index in [1.165, 1.54) is 11.6 Å². The molecule has 1 aromatic carbocycles. The molecule has 0 saturated heterocycles. The Labute approximate surface area is 191 Å². The fraction of sp³-hybridized carbons (Fsp3) is 0.308. The molecule has 33 heavy (non-hydrogen) atoms. The van der Waals surface area contributed by atoms with Gasteiger partial charge in [0.2, 0.25) is 0 Å². The summed E-state index contributed by atoms with van der Waals surface area (Å²) in [6.07, 6.45) is 6.50. The van der Waals surface area contributed by atoms with Gasteiger partial charge < -0.3 is 4.90 Å². The lowest BCUT2D eigenvalue weighted by molar-refractivity contribution is -0.0886. The van der Waals surface area contributed by atoms with Gasteiger partial charge in [-0.15, -0.1) is 0 Å². The smallest absolute Gasteiger partial charge is 0.311 e. The maximum Gasteiger partial charge on any atom is 0.416 e. The van der Waals surface area contributed by atoms with Crippen molar-refractivity contribution in [2.75, 3.05) is 11.9 Å². The molecule has 2 aromatic heterocycles. The molecule has 0 bridgehead atoms. The molecule has 0 radical (unpaired) electrons. The highest BCUT2D eigenvalue weighted by Gasteiger charge is 2.33. The number of pyridine rings is 1. The third-order valence-electron chi connectivity index (χ3n) is 6.07. The number of rotatable bonds is 6. The minimum Gasteiger partial charge on any atom is -0.311 e. The van der Waals surface area contributed by atoms with Gasteiger partial charge in [0.15, 0.2) is 0 Å². The van der Waals surface area contributed by atoms with E-state index in [4.69, 9.17) is 0 Å². The first-order chi connectivity index (χ1) is 15.8. The van der Waals surface area contributed by atoms with Gasteiger partial charge in [0.05, 0.1) is 17.3 Å². The van der Waals surface area contributed by atoms with E-state index >= 15 is 0 Å². The summed E-state index contributed by atoms with van der Waals surface area (Å²) < 4.78 is 40.5. The van der Waals surface area contributed by atoms with Crippen LogP contribution in [0, 0.1) is 0 Å². The second-order valence-corrected chi connectivity index (χ2v) is 8.34. The summed E-state index contributed by atoms with van der Waals surface area (Å²) in [6, 6.07) is 11.3. The van der Waals surface area contributed by atoms with Crippen LogP contribution in [0.1, 0.15) is 53.6 Å². The zero-order valence-electron chi connectivity index (χ0n) is 18.6. The van der Waals surface area contributed by atoms with E-state index in [1.807, 2.05) is 30.3 Å². The lowest BCUT2D eigenvalue weighted by atomic mass is 9.90. The number of amides is 1. The van der Waals surface area contributed by atoms with E-state index in [0.717, 1.165) is 36.4 Å². The maximum absolute atomic E-state index is 13.0. The van der Waals surface area contributed by atoms with Gasteiger partial charge in [-0.3, -0.25) is 4.79 Å². The molecule has 172 valence electrons. The van der Waals surface area contributed by atoms with Gasteiger partial charge in [0, 0.05) is 36.0 Å². The molecular weight excluding hydrogens is 427 g/mol. The first-order valence-corrected chi connectivity index (χ1v) is 11.1. The number of anilines is 1. The first kappa shape index (κ1) is 22.8. The number of nitrogens with zero attached hydrogens (tertiary/aromatic N) is 3. The molecule has 4 rings (SSSR count). The van der Waals surface area contributed by atoms with Crippen LogP contribution >= 0.6 is 0 Å². The molecule has 0 spiro atoms. The van der Waals surface area contributed by atoms with Crippen molar-refractivity contribution in [1.29, 1.82) is 0 Å². The normalized spacial score (nSPS) is 16.2. The van der Waals surface area contributed by atoms with E-state index in [1.54, 1.807) is 41.0 Å². The number of aryl methyl sites for hydroxylation is 1. The van der Waals surface area contributed by atoms with Crippen molar-refractivity contribution in [2.24, 2.45) is 0 Å². The highest BCUT2D eigenvalue weighted by atomic mass is 19.4. The Kier molecular flexibility index (Phi) is 6.40. The Morgan fingerprint density at radius 3 is 2.61 bits per heavy atom. The van der Waals surface area contributed by atoms with Crippen LogP contribution in [0.5, 0.6) is 0 Å². The summed E-state index contributed by atoms with van der Waals surface area (Å²) in [5.74, 6) is -0.335. The molecule has 1 unspecified atom stereocenters. The molecule has 0 fully saturated rings. The lowest BCUT2D eigenvalue weighted by Crippen LogP contribution is -2.26.